The molecule has 1 aromatic carbocycles. The SMILES string of the molecule is O=C(c1ccc2c(c1)C[C@]1(CCNC1=O)CC2)N(O)CC(=O)N1CCOCC1. The first-order valence-corrected chi connectivity index (χ1v) is 9.75. The lowest BCUT2D eigenvalue weighted by molar-refractivity contribution is -0.144. The van der Waals surface area contributed by atoms with E-state index < -0.39 is 5.91 Å². The van der Waals surface area contributed by atoms with Gasteiger partial charge in [-0.05, 0) is 48.9 Å². The second kappa shape index (κ2) is 7.52. The fourth-order valence-corrected chi connectivity index (χ4v) is 4.38. The van der Waals surface area contributed by atoms with Crippen LogP contribution in [-0.2, 0) is 27.2 Å². The maximum absolute atomic E-state index is 12.6. The van der Waals surface area contributed by atoms with Crippen LogP contribution in [-0.4, -0.2) is 72.3 Å². The third kappa shape index (κ3) is 3.49. The number of fused-ring (bicyclic) bond motifs is 1. The quantitative estimate of drug-likeness (QED) is 0.577. The van der Waals surface area contributed by atoms with Gasteiger partial charge in [-0.25, -0.2) is 5.06 Å². The van der Waals surface area contributed by atoms with Crippen molar-refractivity contribution in [2.24, 2.45) is 5.41 Å². The predicted molar refractivity (Wildman–Crippen MR) is 98.7 cm³/mol. The minimum absolute atomic E-state index is 0.0924. The highest BCUT2D eigenvalue weighted by Crippen LogP contribution is 2.41. The zero-order valence-electron chi connectivity index (χ0n) is 15.8. The highest BCUT2D eigenvalue weighted by molar-refractivity contribution is 5.96. The van der Waals surface area contributed by atoms with Crippen molar-refractivity contribution in [2.75, 3.05) is 39.4 Å². The largest absolute Gasteiger partial charge is 0.378 e. The van der Waals surface area contributed by atoms with Gasteiger partial charge in [0.05, 0.1) is 18.6 Å². The summed E-state index contributed by atoms with van der Waals surface area (Å²) in [6.07, 6.45) is 3.03. The van der Waals surface area contributed by atoms with Crippen LogP contribution in [0.15, 0.2) is 18.2 Å². The van der Waals surface area contributed by atoms with Gasteiger partial charge in [0.15, 0.2) is 0 Å². The summed E-state index contributed by atoms with van der Waals surface area (Å²) in [5.74, 6) is -0.826. The Morgan fingerprint density at radius 3 is 2.71 bits per heavy atom. The van der Waals surface area contributed by atoms with E-state index in [-0.39, 0.29) is 23.8 Å². The first kappa shape index (κ1) is 18.9. The first-order chi connectivity index (χ1) is 13.5. The van der Waals surface area contributed by atoms with Gasteiger partial charge in [0.25, 0.3) is 5.91 Å². The Balaban J connectivity index is 1.45. The van der Waals surface area contributed by atoms with E-state index in [1.54, 1.807) is 17.0 Å². The molecule has 3 aliphatic rings. The number of amides is 3. The molecule has 28 heavy (non-hydrogen) atoms. The Morgan fingerprint density at radius 2 is 2.00 bits per heavy atom. The molecule has 150 valence electrons. The van der Waals surface area contributed by atoms with Crippen molar-refractivity contribution in [3.63, 3.8) is 0 Å². The maximum Gasteiger partial charge on any atom is 0.277 e. The van der Waals surface area contributed by atoms with Gasteiger partial charge >= 0.3 is 0 Å². The fraction of sp³-hybridized carbons (Fsp3) is 0.550. The van der Waals surface area contributed by atoms with Gasteiger partial charge in [-0.15, -0.1) is 0 Å². The van der Waals surface area contributed by atoms with E-state index in [0.717, 1.165) is 30.4 Å². The van der Waals surface area contributed by atoms with Crippen LogP contribution in [0.5, 0.6) is 0 Å². The Hall–Kier alpha value is -2.45. The van der Waals surface area contributed by atoms with Crippen molar-refractivity contribution in [1.29, 1.82) is 0 Å². The number of carbonyl (C=O) groups is 3. The molecule has 2 N–H and O–H groups in total. The number of benzene rings is 1. The number of hydrogen-bond donors (Lipinski definition) is 2. The summed E-state index contributed by atoms with van der Waals surface area (Å²) in [6, 6.07) is 5.32. The number of morpholine rings is 1. The fourth-order valence-electron chi connectivity index (χ4n) is 4.38. The van der Waals surface area contributed by atoms with Gasteiger partial charge in [-0.3, -0.25) is 19.6 Å². The number of carbonyl (C=O) groups excluding carboxylic acids is 3. The topological polar surface area (TPSA) is 99.2 Å². The van der Waals surface area contributed by atoms with Gasteiger partial charge in [0.2, 0.25) is 11.8 Å². The van der Waals surface area contributed by atoms with Gasteiger partial charge in [-0.1, -0.05) is 6.07 Å². The monoisotopic (exact) mass is 387 g/mol. The second-order valence-corrected chi connectivity index (χ2v) is 7.80. The molecule has 0 aromatic heterocycles. The molecule has 1 aliphatic carbocycles. The number of ether oxygens (including phenoxy) is 1. The lowest BCUT2D eigenvalue weighted by Crippen LogP contribution is -2.46. The van der Waals surface area contributed by atoms with E-state index in [0.29, 0.717) is 49.9 Å². The van der Waals surface area contributed by atoms with E-state index in [1.165, 1.54) is 0 Å². The van der Waals surface area contributed by atoms with Crippen molar-refractivity contribution in [3.05, 3.63) is 34.9 Å². The molecule has 1 aromatic rings. The third-order valence-corrected chi connectivity index (χ3v) is 6.11. The van der Waals surface area contributed by atoms with Crippen molar-refractivity contribution < 1.29 is 24.3 Å². The minimum atomic E-state index is -0.611. The van der Waals surface area contributed by atoms with E-state index in [9.17, 15) is 19.6 Å². The molecule has 0 radical (unpaired) electrons. The molecule has 2 fully saturated rings. The normalized spacial score (nSPS) is 24.0. The standard InChI is InChI=1S/C20H25N3O5/c24-17(22-7-9-28-10-8-22)13-23(27)18(25)15-2-1-14-3-4-20(12-16(14)11-15)5-6-21-19(20)26/h1-2,11,27H,3-10,12-13H2,(H,21,26)/t20-/m1/s1. The summed E-state index contributed by atoms with van der Waals surface area (Å²) in [7, 11) is 0. The molecule has 3 amide bonds. The van der Waals surface area contributed by atoms with Crippen LogP contribution in [0.3, 0.4) is 0 Å². The number of hydroxylamine groups is 2. The molecule has 0 unspecified atom stereocenters. The summed E-state index contributed by atoms with van der Waals surface area (Å²) >= 11 is 0. The summed E-state index contributed by atoms with van der Waals surface area (Å²) < 4.78 is 5.21. The summed E-state index contributed by atoms with van der Waals surface area (Å²) in [6.45, 7) is 2.16. The lowest BCUT2D eigenvalue weighted by atomic mass is 9.70. The van der Waals surface area contributed by atoms with Gasteiger partial charge in [0.1, 0.15) is 6.54 Å². The Kier molecular flexibility index (Phi) is 5.07. The van der Waals surface area contributed by atoms with E-state index in [1.807, 2.05) is 6.07 Å². The molecule has 1 spiro atoms. The van der Waals surface area contributed by atoms with Crippen LogP contribution in [0.1, 0.15) is 34.3 Å². The smallest absolute Gasteiger partial charge is 0.277 e. The average molecular weight is 387 g/mol. The summed E-state index contributed by atoms with van der Waals surface area (Å²) in [5, 5.41) is 13.6. The number of nitrogens with one attached hydrogen (secondary N) is 1. The van der Waals surface area contributed by atoms with Crippen molar-refractivity contribution in [2.45, 2.75) is 25.7 Å². The van der Waals surface area contributed by atoms with Crippen LogP contribution >= 0.6 is 0 Å². The predicted octanol–water partition coefficient (Wildman–Crippen LogP) is 0.372. The Labute approximate surface area is 163 Å². The second-order valence-electron chi connectivity index (χ2n) is 7.80. The van der Waals surface area contributed by atoms with Crippen molar-refractivity contribution >= 4 is 17.7 Å². The van der Waals surface area contributed by atoms with E-state index in [4.69, 9.17) is 4.74 Å². The lowest BCUT2D eigenvalue weighted by Gasteiger charge is -2.32. The maximum atomic E-state index is 12.6. The summed E-state index contributed by atoms with van der Waals surface area (Å²) in [5.41, 5.74) is 2.06. The van der Waals surface area contributed by atoms with Crippen LogP contribution in [0.4, 0.5) is 0 Å². The van der Waals surface area contributed by atoms with Crippen molar-refractivity contribution in [1.82, 2.24) is 15.3 Å². The average Bonchev–Trinajstić information content (AvgIpc) is 3.06. The molecule has 8 nitrogen and oxygen atoms in total. The zero-order chi connectivity index (χ0) is 19.7. The highest BCUT2D eigenvalue weighted by atomic mass is 16.5. The summed E-state index contributed by atoms with van der Waals surface area (Å²) in [4.78, 5) is 38.7. The van der Waals surface area contributed by atoms with Crippen molar-refractivity contribution in [3.8, 4) is 0 Å². The van der Waals surface area contributed by atoms with Gasteiger partial charge in [0, 0.05) is 25.2 Å². The number of hydrogen-bond acceptors (Lipinski definition) is 5. The van der Waals surface area contributed by atoms with Gasteiger partial charge < -0.3 is 15.0 Å². The van der Waals surface area contributed by atoms with Gasteiger partial charge in [-0.2, -0.15) is 0 Å². The van der Waals surface area contributed by atoms with Crippen LogP contribution in [0.25, 0.3) is 0 Å². The van der Waals surface area contributed by atoms with E-state index >= 15 is 0 Å². The number of aryl methyl sites for hydroxylation is 1. The Morgan fingerprint density at radius 1 is 1.21 bits per heavy atom. The molecule has 0 saturated carbocycles. The molecule has 0 bridgehead atoms. The third-order valence-electron chi connectivity index (χ3n) is 6.11. The molecule has 4 rings (SSSR count). The molecule has 1 atom stereocenters. The minimum Gasteiger partial charge on any atom is -0.378 e. The molecule has 2 saturated heterocycles. The van der Waals surface area contributed by atoms with E-state index in [2.05, 4.69) is 5.32 Å². The van der Waals surface area contributed by atoms with Crippen LogP contribution < -0.4 is 5.32 Å². The molecule has 8 heteroatoms. The zero-order valence-corrected chi connectivity index (χ0v) is 15.8. The number of nitrogens with zero attached hydrogens (tertiary/aromatic N) is 2. The molecule has 2 aliphatic heterocycles. The van der Waals surface area contributed by atoms with Crippen LogP contribution in [0.2, 0.25) is 0 Å². The molecular weight excluding hydrogens is 362 g/mol. The molecule has 2 heterocycles. The van der Waals surface area contributed by atoms with Crippen LogP contribution in [0, 0.1) is 5.41 Å². The highest BCUT2D eigenvalue weighted by Gasteiger charge is 2.44. The Bertz CT molecular complexity index is 805. The molecular formula is C20H25N3O5. The first-order valence-electron chi connectivity index (χ1n) is 9.75. The number of rotatable bonds is 3.